The average Bonchev–Trinajstić information content (AvgIpc) is 3.23. The van der Waals surface area contributed by atoms with Crippen molar-refractivity contribution in [3.05, 3.63) is 75.8 Å². The smallest absolute Gasteiger partial charge is 0.262 e. The topological polar surface area (TPSA) is 72.7 Å². The number of imidazole rings is 1. The van der Waals surface area contributed by atoms with Gasteiger partial charge in [0.25, 0.3) is 5.91 Å². The van der Waals surface area contributed by atoms with Gasteiger partial charge >= 0.3 is 0 Å². The summed E-state index contributed by atoms with van der Waals surface area (Å²) in [5, 5.41) is 3.98. The predicted molar refractivity (Wildman–Crippen MR) is 111 cm³/mol. The number of hydrogen-bond donors (Lipinski definition) is 1. The van der Waals surface area contributed by atoms with Gasteiger partial charge in [-0.1, -0.05) is 12.1 Å². The summed E-state index contributed by atoms with van der Waals surface area (Å²) >= 11 is 1.35. The highest BCUT2D eigenvalue weighted by molar-refractivity contribution is 7.20. The van der Waals surface area contributed by atoms with Gasteiger partial charge in [-0.2, -0.15) is 0 Å². The molecule has 1 unspecified atom stereocenters. The standard InChI is InChI=1S/C21H20FN5OS/c1-11-16-12(2)24-13(3)25-21(16)29-18(11)20(28)26-17(19-23-9-10-27(19)4)14-5-7-15(22)8-6-14/h5-10,17H,1-4H3,(H,26,28). The molecule has 0 fully saturated rings. The number of nitrogens with one attached hydrogen (secondary N) is 1. The number of thiophene rings is 1. The first kappa shape index (κ1) is 19.2. The second kappa shape index (κ2) is 7.36. The molecule has 0 radical (unpaired) electrons. The fraction of sp³-hybridized carbons (Fsp3) is 0.238. The number of halogens is 1. The third-order valence-corrected chi connectivity index (χ3v) is 6.07. The first-order chi connectivity index (χ1) is 13.8. The Balaban J connectivity index is 1.75. The Hall–Kier alpha value is -3.13. The number of nitrogens with zero attached hydrogens (tertiary/aromatic N) is 4. The van der Waals surface area contributed by atoms with Crippen LogP contribution in [0.2, 0.25) is 0 Å². The minimum atomic E-state index is -0.512. The normalized spacial score (nSPS) is 12.3. The van der Waals surface area contributed by atoms with Crippen LogP contribution in [0.4, 0.5) is 4.39 Å². The summed E-state index contributed by atoms with van der Waals surface area (Å²) in [4.78, 5) is 27.9. The Bertz CT molecular complexity index is 1210. The molecule has 4 rings (SSSR count). The lowest BCUT2D eigenvalue weighted by Gasteiger charge is -2.19. The summed E-state index contributed by atoms with van der Waals surface area (Å²) in [6, 6.07) is 5.56. The van der Waals surface area contributed by atoms with Gasteiger partial charge in [-0.25, -0.2) is 19.3 Å². The lowest BCUT2D eigenvalue weighted by Crippen LogP contribution is -2.31. The molecule has 6 nitrogen and oxygen atoms in total. The van der Waals surface area contributed by atoms with E-state index in [1.54, 1.807) is 18.3 Å². The number of carbonyl (C=O) groups excluding carboxylic acids is 1. The summed E-state index contributed by atoms with van der Waals surface area (Å²) in [7, 11) is 1.86. The minimum Gasteiger partial charge on any atom is -0.337 e. The average molecular weight is 409 g/mol. The van der Waals surface area contributed by atoms with Crippen LogP contribution in [-0.2, 0) is 7.05 Å². The molecule has 1 atom stereocenters. The van der Waals surface area contributed by atoms with Crippen LogP contribution >= 0.6 is 11.3 Å². The lowest BCUT2D eigenvalue weighted by molar-refractivity contribution is 0.0945. The molecule has 3 aromatic heterocycles. The van der Waals surface area contributed by atoms with Crippen LogP contribution in [-0.4, -0.2) is 25.4 Å². The van der Waals surface area contributed by atoms with Gasteiger partial charge in [0.1, 0.15) is 28.3 Å². The minimum absolute atomic E-state index is 0.222. The largest absolute Gasteiger partial charge is 0.337 e. The van der Waals surface area contributed by atoms with Crippen LogP contribution in [0.1, 0.15) is 44.2 Å². The van der Waals surface area contributed by atoms with E-state index >= 15 is 0 Å². The highest BCUT2D eigenvalue weighted by Crippen LogP contribution is 2.32. The van der Waals surface area contributed by atoms with Crippen molar-refractivity contribution in [2.75, 3.05) is 0 Å². The first-order valence-corrected chi connectivity index (χ1v) is 9.94. The molecule has 0 aliphatic rings. The van der Waals surface area contributed by atoms with E-state index in [0.717, 1.165) is 27.0 Å². The molecule has 0 saturated heterocycles. The van der Waals surface area contributed by atoms with Crippen molar-refractivity contribution in [1.29, 1.82) is 0 Å². The van der Waals surface area contributed by atoms with E-state index in [2.05, 4.69) is 20.3 Å². The van der Waals surface area contributed by atoms with Crippen molar-refractivity contribution < 1.29 is 9.18 Å². The molecule has 1 amide bonds. The van der Waals surface area contributed by atoms with Crippen LogP contribution in [0, 0.1) is 26.6 Å². The molecule has 0 bridgehead atoms. The van der Waals surface area contributed by atoms with E-state index in [9.17, 15) is 9.18 Å². The Kier molecular flexibility index (Phi) is 4.87. The van der Waals surface area contributed by atoms with Gasteiger partial charge in [-0.15, -0.1) is 11.3 Å². The highest BCUT2D eigenvalue weighted by atomic mass is 32.1. The number of carbonyl (C=O) groups is 1. The predicted octanol–water partition coefficient (Wildman–Crippen LogP) is 4.01. The summed E-state index contributed by atoms with van der Waals surface area (Å²) < 4.78 is 15.3. The van der Waals surface area contributed by atoms with Crippen LogP contribution < -0.4 is 5.32 Å². The van der Waals surface area contributed by atoms with Crippen LogP contribution in [0.25, 0.3) is 10.2 Å². The number of aryl methyl sites for hydroxylation is 4. The maximum absolute atomic E-state index is 13.4. The number of fused-ring (bicyclic) bond motifs is 1. The Morgan fingerprint density at radius 1 is 1.17 bits per heavy atom. The van der Waals surface area contributed by atoms with Gasteiger partial charge in [0.05, 0.1) is 4.88 Å². The SMILES string of the molecule is Cc1nc(C)c2c(C)c(C(=O)NC(c3ccc(F)cc3)c3nccn3C)sc2n1. The molecule has 1 N–H and O–H groups in total. The number of rotatable bonds is 4. The van der Waals surface area contributed by atoms with E-state index in [1.165, 1.54) is 23.5 Å². The highest BCUT2D eigenvalue weighted by Gasteiger charge is 2.25. The van der Waals surface area contributed by atoms with Gasteiger partial charge in [0.2, 0.25) is 0 Å². The third kappa shape index (κ3) is 3.51. The molecule has 4 aromatic rings. The zero-order chi connectivity index (χ0) is 20.7. The van der Waals surface area contributed by atoms with E-state index in [1.807, 2.05) is 38.6 Å². The Morgan fingerprint density at radius 2 is 1.90 bits per heavy atom. The van der Waals surface area contributed by atoms with Gasteiger partial charge in [-0.05, 0) is 44.0 Å². The van der Waals surface area contributed by atoms with Crippen molar-refractivity contribution in [1.82, 2.24) is 24.8 Å². The maximum Gasteiger partial charge on any atom is 0.262 e. The number of hydrogen-bond acceptors (Lipinski definition) is 5. The van der Waals surface area contributed by atoms with Crippen molar-refractivity contribution in [2.24, 2.45) is 7.05 Å². The van der Waals surface area contributed by atoms with Crippen molar-refractivity contribution in [3.8, 4) is 0 Å². The molecule has 0 saturated carbocycles. The van der Waals surface area contributed by atoms with Crippen LogP contribution in [0.3, 0.4) is 0 Å². The molecule has 0 aliphatic heterocycles. The molecular formula is C21H20FN5OS. The summed E-state index contributed by atoms with van der Waals surface area (Å²) in [5.41, 5.74) is 2.47. The summed E-state index contributed by atoms with van der Waals surface area (Å²) in [6.07, 6.45) is 3.48. The molecule has 148 valence electrons. The van der Waals surface area contributed by atoms with Crippen molar-refractivity contribution in [3.63, 3.8) is 0 Å². The number of aromatic nitrogens is 4. The van der Waals surface area contributed by atoms with Gasteiger partial charge in [0.15, 0.2) is 0 Å². The molecule has 8 heteroatoms. The van der Waals surface area contributed by atoms with E-state index in [0.29, 0.717) is 16.5 Å². The monoisotopic (exact) mass is 409 g/mol. The maximum atomic E-state index is 13.4. The van der Waals surface area contributed by atoms with E-state index in [4.69, 9.17) is 0 Å². The molecule has 29 heavy (non-hydrogen) atoms. The fourth-order valence-corrected chi connectivity index (χ4v) is 4.68. The molecule has 0 aliphatic carbocycles. The van der Waals surface area contributed by atoms with Crippen molar-refractivity contribution >= 4 is 27.5 Å². The number of benzene rings is 1. The quantitative estimate of drug-likeness (QED) is 0.553. The fourth-order valence-electron chi connectivity index (χ4n) is 3.49. The molecule has 1 aromatic carbocycles. The summed E-state index contributed by atoms with van der Waals surface area (Å²) in [5.74, 6) is 0.791. The molecular weight excluding hydrogens is 389 g/mol. The van der Waals surface area contributed by atoms with Gasteiger partial charge in [0, 0.05) is 30.5 Å². The second-order valence-electron chi connectivity index (χ2n) is 6.95. The zero-order valence-electron chi connectivity index (χ0n) is 16.5. The van der Waals surface area contributed by atoms with Crippen molar-refractivity contribution in [2.45, 2.75) is 26.8 Å². The van der Waals surface area contributed by atoms with Gasteiger partial charge in [-0.3, -0.25) is 4.79 Å². The molecule has 0 spiro atoms. The Morgan fingerprint density at radius 3 is 2.55 bits per heavy atom. The number of amides is 1. The van der Waals surface area contributed by atoms with Gasteiger partial charge < -0.3 is 9.88 Å². The lowest BCUT2D eigenvalue weighted by atomic mass is 10.1. The third-order valence-electron chi connectivity index (χ3n) is 4.88. The second-order valence-corrected chi connectivity index (χ2v) is 7.95. The first-order valence-electron chi connectivity index (χ1n) is 9.13. The summed E-state index contributed by atoms with van der Waals surface area (Å²) in [6.45, 7) is 5.67. The Labute approximate surface area is 171 Å². The van der Waals surface area contributed by atoms with E-state index < -0.39 is 6.04 Å². The van der Waals surface area contributed by atoms with Crippen LogP contribution in [0.15, 0.2) is 36.7 Å². The van der Waals surface area contributed by atoms with E-state index in [-0.39, 0.29) is 11.7 Å². The molecule has 3 heterocycles. The zero-order valence-corrected chi connectivity index (χ0v) is 17.3. The van der Waals surface area contributed by atoms with Crippen LogP contribution in [0.5, 0.6) is 0 Å².